The van der Waals surface area contributed by atoms with Crippen LogP contribution in [0.5, 0.6) is 0 Å². The molecule has 0 radical (unpaired) electrons. The largest absolute Gasteiger partial charge is 0.347 e. The van der Waals surface area contributed by atoms with Gasteiger partial charge in [0.1, 0.15) is 12.1 Å². The first-order chi connectivity index (χ1) is 22.5. The smallest absolute Gasteiger partial charge is 0.315 e. The Hall–Kier alpha value is -2.70. The number of likely N-dealkylation sites (tertiary alicyclic amines) is 1. The highest BCUT2D eigenvalue weighted by molar-refractivity contribution is 7.92. The van der Waals surface area contributed by atoms with E-state index in [1.54, 1.807) is 20.8 Å². The maximum atomic E-state index is 14.5. The minimum Gasteiger partial charge on any atom is -0.347 e. The van der Waals surface area contributed by atoms with E-state index in [-0.39, 0.29) is 29.0 Å². The predicted octanol–water partition coefficient (Wildman–Crippen LogP) is 3.62. The molecule has 3 saturated carbocycles. The van der Waals surface area contributed by atoms with Crippen LogP contribution in [0.15, 0.2) is 0 Å². The van der Waals surface area contributed by atoms with Crippen LogP contribution < -0.4 is 21.3 Å². The van der Waals surface area contributed by atoms with Gasteiger partial charge in [0.15, 0.2) is 9.84 Å². The Morgan fingerprint density at radius 3 is 2.06 bits per heavy atom. The second-order valence-corrected chi connectivity index (χ2v) is 20.6. The van der Waals surface area contributed by atoms with Crippen molar-refractivity contribution in [3.8, 4) is 0 Å². The minimum atomic E-state index is -3.56. The fourth-order valence-corrected chi connectivity index (χ4v) is 9.25. The van der Waals surface area contributed by atoms with Crippen LogP contribution in [-0.2, 0) is 29.0 Å². The molecule has 0 aromatic heterocycles. The fourth-order valence-electron chi connectivity index (χ4n) is 7.73. The van der Waals surface area contributed by atoms with Gasteiger partial charge in [0.2, 0.25) is 17.6 Å². The number of amides is 5. The van der Waals surface area contributed by atoms with Gasteiger partial charge in [-0.15, -0.1) is 0 Å². The van der Waals surface area contributed by atoms with Crippen molar-refractivity contribution in [3.63, 3.8) is 0 Å². The maximum Gasteiger partial charge on any atom is 0.315 e. The highest BCUT2D eigenvalue weighted by Crippen LogP contribution is 2.65. The van der Waals surface area contributed by atoms with Crippen LogP contribution in [0.4, 0.5) is 4.79 Å². The van der Waals surface area contributed by atoms with Crippen molar-refractivity contribution in [2.45, 2.75) is 161 Å². The molecule has 49 heavy (non-hydrogen) atoms. The molecule has 4 aliphatic rings. The summed E-state index contributed by atoms with van der Waals surface area (Å²) < 4.78 is 25.6. The normalized spacial score (nSPS) is 25.7. The molecule has 0 bridgehead atoms. The number of Topliss-reactive ketones (excluding diaryl/α,β-unsaturated/α-hetero) is 1. The quantitative estimate of drug-likeness (QED) is 0.212. The summed E-state index contributed by atoms with van der Waals surface area (Å²) in [6.07, 6.45) is 6.97. The van der Waals surface area contributed by atoms with Crippen molar-refractivity contribution in [1.29, 1.82) is 0 Å². The van der Waals surface area contributed by atoms with Gasteiger partial charge in [0.25, 0.3) is 5.91 Å². The topological polar surface area (TPSA) is 171 Å². The molecule has 3 aliphatic carbocycles. The molecule has 0 aromatic rings. The van der Waals surface area contributed by atoms with E-state index >= 15 is 0 Å². The Morgan fingerprint density at radius 2 is 1.53 bits per heavy atom. The molecule has 0 spiro atoms. The number of ketones is 1. The molecule has 1 saturated heterocycles. The van der Waals surface area contributed by atoms with Crippen molar-refractivity contribution >= 4 is 39.4 Å². The van der Waals surface area contributed by atoms with E-state index in [4.69, 9.17) is 0 Å². The summed E-state index contributed by atoms with van der Waals surface area (Å²) in [7, 11) is -3.56. The Bertz CT molecular complexity index is 1400. The van der Waals surface area contributed by atoms with Crippen LogP contribution in [0.2, 0.25) is 0 Å². The minimum absolute atomic E-state index is 0.00450. The zero-order chi connectivity index (χ0) is 36.7. The Kier molecular flexibility index (Phi) is 11.3. The standard InChI is InChI=1S/C36H61N5O7S/c1-10-11-15-24(27(42)30(44)37-22-16-17-22)38-29(43)26-25-23(35(25,8)9)20-41(26)31(45)28(33(2,3)4)39-32(46)40-36(18-13-12-14-19-36)21-49(47,48)34(5,6)7/h22-26,28H,10-21H2,1-9H3,(H,37,44)(H,38,43)(H2,39,40,46)/t23?,24-,25?,26-,28+/m0/s1. The molecule has 13 heteroatoms. The van der Waals surface area contributed by atoms with E-state index in [1.165, 1.54) is 4.90 Å². The zero-order valence-corrected chi connectivity index (χ0v) is 32.0. The van der Waals surface area contributed by atoms with Gasteiger partial charge in [-0.1, -0.05) is 73.6 Å². The summed E-state index contributed by atoms with van der Waals surface area (Å²) in [6.45, 7) is 16.9. The highest BCUT2D eigenvalue weighted by Gasteiger charge is 2.70. The van der Waals surface area contributed by atoms with Gasteiger partial charge < -0.3 is 26.2 Å². The molecule has 5 atom stereocenters. The van der Waals surface area contributed by atoms with E-state index in [9.17, 15) is 32.4 Å². The number of carbonyl (C=O) groups excluding carboxylic acids is 5. The first kappa shape index (κ1) is 39.1. The number of nitrogens with zero attached hydrogens (tertiary/aromatic N) is 1. The number of unbranched alkanes of at least 4 members (excludes halogenated alkanes) is 1. The average molecular weight is 708 g/mol. The van der Waals surface area contributed by atoms with Crippen LogP contribution >= 0.6 is 0 Å². The molecule has 5 amide bonds. The molecule has 0 aromatic carbocycles. The third-order valence-electron chi connectivity index (χ3n) is 11.4. The first-order valence-electron chi connectivity index (χ1n) is 18.3. The van der Waals surface area contributed by atoms with Gasteiger partial charge in [0.05, 0.1) is 22.1 Å². The predicted molar refractivity (Wildman–Crippen MR) is 188 cm³/mol. The van der Waals surface area contributed by atoms with Crippen molar-refractivity contribution in [3.05, 3.63) is 0 Å². The third-order valence-corrected chi connectivity index (χ3v) is 14.2. The molecular formula is C36H61N5O7S. The first-order valence-corrected chi connectivity index (χ1v) is 20.0. The lowest BCUT2D eigenvalue weighted by atomic mass is 9.83. The molecule has 4 fully saturated rings. The number of hydrogen-bond donors (Lipinski definition) is 4. The fraction of sp³-hybridized carbons (Fsp3) is 0.861. The van der Waals surface area contributed by atoms with Crippen LogP contribution in [0, 0.1) is 22.7 Å². The summed E-state index contributed by atoms with van der Waals surface area (Å²) in [4.78, 5) is 69.7. The summed E-state index contributed by atoms with van der Waals surface area (Å²) >= 11 is 0. The van der Waals surface area contributed by atoms with Crippen molar-refractivity contribution in [2.24, 2.45) is 22.7 Å². The van der Waals surface area contributed by atoms with Crippen molar-refractivity contribution in [2.75, 3.05) is 12.3 Å². The van der Waals surface area contributed by atoms with Crippen molar-refractivity contribution < 1.29 is 32.4 Å². The lowest BCUT2D eigenvalue weighted by molar-refractivity contribution is -0.145. The van der Waals surface area contributed by atoms with E-state index in [2.05, 4.69) is 35.1 Å². The summed E-state index contributed by atoms with van der Waals surface area (Å²) in [6, 6.07) is -3.50. The Morgan fingerprint density at radius 1 is 0.918 bits per heavy atom. The van der Waals surface area contributed by atoms with Crippen LogP contribution in [-0.4, -0.2) is 89.6 Å². The summed E-state index contributed by atoms with van der Waals surface area (Å²) in [5.74, 6) is -2.50. The average Bonchev–Trinajstić information content (AvgIpc) is 3.83. The van der Waals surface area contributed by atoms with Gasteiger partial charge in [-0.3, -0.25) is 19.2 Å². The van der Waals surface area contributed by atoms with Gasteiger partial charge in [-0.2, -0.15) is 0 Å². The van der Waals surface area contributed by atoms with Gasteiger partial charge >= 0.3 is 6.03 Å². The lowest BCUT2D eigenvalue weighted by Crippen LogP contribution is -2.64. The van der Waals surface area contributed by atoms with Crippen molar-refractivity contribution in [1.82, 2.24) is 26.2 Å². The molecule has 12 nitrogen and oxygen atoms in total. The number of rotatable bonds is 13. The lowest BCUT2D eigenvalue weighted by Gasteiger charge is -2.41. The molecule has 1 aliphatic heterocycles. The third kappa shape index (κ3) is 8.79. The van der Waals surface area contributed by atoms with Crippen LogP contribution in [0.25, 0.3) is 0 Å². The maximum absolute atomic E-state index is 14.5. The summed E-state index contributed by atoms with van der Waals surface area (Å²) in [5.41, 5.74) is -1.90. The SMILES string of the molecule is CCCC[C@H](NC(=O)[C@@H]1C2C(CN1C(=O)[C@@H](NC(=O)NC1(CS(=O)(=O)C(C)(C)C)CCCCC1)C(C)(C)C)C2(C)C)C(=O)C(=O)NC1CC1. The van der Waals surface area contributed by atoms with Crippen LogP contribution in [0.3, 0.4) is 0 Å². The molecule has 1 heterocycles. The van der Waals surface area contributed by atoms with E-state index < -0.39 is 73.2 Å². The van der Waals surface area contributed by atoms with Crippen LogP contribution in [0.1, 0.15) is 127 Å². The number of nitrogens with one attached hydrogen (secondary N) is 4. The molecule has 4 N–H and O–H groups in total. The molecule has 4 rings (SSSR count). The number of sulfone groups is 1. The summed E-state index contributed by atoms with van der Waals surface area (Å²) in [5, 5.41) is 11.5. The number of urea groups is 1. The molecule has 2 unspecified atom stereocenters. The molecule has 278 valence electrons. The number of piperidine rings is 1. The van der Waals surface area contributed by atoms with E-state index in [1.807, 2.05) is 27.7 Å². The Labute approximate surface area is 293 Å². The van der Waals surface area contributed by atoms with E-state index in [0.717, 1.165) is 38.5 Å². The highest BCUT2D eigenvalue weighted by atomic mass is 32.2. The zero-order valence-electron chi connectivity index (χ0n) is 31.2. The number of hydrogen-bond acceptors (Lipinski definition) is 7. The van der Waals surface area contributed by atoms with E-state index in [0.29, 0.717) is 32.2 Å². The second-order valence-electron chi connectivity index (χ2n) is 17.8. The van der Waals surface area contributed by atoms with Gasteiger partial charge in [-0.25, -0.2) is 13.2 Å². The molecular weight excluding hydrogens is 646 g/mol. The van der Waals surface area contributed by atoms with Gasteiger partial charge in [0, 0.05) is 12.6 Å². The monoisotopic (exact) mass is 707 g/mol. The number of fused-ring (bicyclic) bond motifs is 1. The number of carbonyl (C=O) groups is 5. The Balaban J connectivity index is 1.54. The second kappa shape index (κ2) is 14.1. The van der Waals surface area contributed by atoms with Gasteiger partial charge in [-0.05, 0) is 75.5 Å².